The van der Waals surface area contributed by atoms with Crippen LogP contribution in [0.3, 0.4) is 0 Å². The van der Waals surface area contributed by atoms with Gasteiger partial charge in [0.25, 0.3) is 5.91 Å². The number of hydrogen-bond donors (Lipinski definition) is 2. The largest absolute Gasteiger partial charge is 0.322 e. The molecule has 0 heterocycles. The predicted octanol–water partition coefficient (Wildman–Crippen LogP) is 3.47. The summed E-state index contributed by atoms with van der Waals surface area (Å²) in [7, 11) is 0. The molecule has 3 nitrogen and oxygen atoms in total. The number of anilines is 1. The van der Waals surface area contributed by atoms with Crippen molar-refractivity contribution in [3.8, 4) is 0 Å². The molecule has 1 amide bonds. The lowest BCUT2D eigenvalue weighted by molar-refractivity contribution is 0.102. The molecule has 0 aliphatic heterocycles. The summed E-state index contributed by atoms with van der Waals surface area (Å²) in [4.78, 5) is 13.1. The second-order valence-electron chi connectivity index (χ2n) is 4.11. The quantitative estimate of drug-likeness (QED) is 0.838. The molecule has 0 bridgehead atoms. The molecular formula is C15H16N2OS. The second kappa shape index (κ2) is 6.41. The highest BCUT2D eigenvalue weighted by atomic mass is 32.2. The van der Waals surface area contributed by atoms with E-state index in [1.54, 1.807) is 12.1 Å². The Morgan fingerprint density at radius 1 is 1.21 bits per heavy atom. The van der Waals surface area contributed by atoms with Gasteiger partial charge in [-0.1, -0.05) is 25.1 Å². The van der Waals surface area contributed by atoms with E-state index < -0.39 is 0 Å². The molecule has 2 rings (SSSR count). The van der Waals surface area contributed by atoms with Gasteiger partial charge >= 0.3 is 0 Å². The fraction of sp³-hybridized carbons (Fsp3) is 0.133. The van der Waals surface area contributed by atoms with E-state index in [2.05, 4.69) is 12.2 Å². The van der Waals surface area contributed by atoms with Crippen molar-refractivity contribution in [3.63, 3.8) is 0 Å². The molecule has 0 aromatic heterocycles. The van der Waals surface area contributed by atoms with Crippen LogP contribution in [0.15, 0.2) is 53.4 Å². The van der Waals surface area contributed by atoms with Gasteiger partial charge in [-0.25, -0.2) is 0 Å². The zero-order chi connectivity index (χ0) is 13.7. The molecule has 98 valence electrons. The normalized spacial score (nSPS) is 10.2. The van der Waals surface area contributed by atoms with Crippen LogP contribution in [0, 0.1) is 0 Å². The summed E-state index contributed by atoms with van der Waals surface area (Å²) in [5.41, 5.74) is 2.58. The molecule has 0 saturated carbocycles. The Kier molecular flexibility index (Phi) is 4.60. The van der Waals surface area contributed by atoms with Gasteiger partial charge in [0.2, 0.25) is 0 Å². The van der Waals surface area contributed by atoms with Crippen molar-refractivity contribution in [3.05, 3.63) is 59.7 Å². The highest BCUT2D eigenvalue weighted by Crippen LogP contribution is 2.23. The zero-order valence-corrected chi connectivity index (χ0v) is 11.5. The van der Waals surface area contributed by atoms with Crippen LogP contribution < -0.4 is 10.5 Å². The maximum absolute atomic E-state index is 12.1. The highest BCUT2D eigenvalue weighted by Gasteiger charge is 2.08. The van der Waals surface area contributed by atoms with Crippen molar-refractivity contribution in [2.75, 3.05) is 5.32 Å². The van der Waals surface area contributed by atoms with Crippen LogP contribution in [0.25, 0.3) is 0 Å². The SMILES string of the molecule is CCc1cc(SN)ccc1NC(=O)c1ccccc1. The summed E-state index contributed by atoms with van der Waals surface area (Å²) >= 11 is 1.21. The molecule has 0 spiro atoms. The molecule has 0 saturated heterocycles. The summed E-state index contributed by atoms with van der Waals surface area (Å²) in [6.07, 6.45) is 0.846. The lowest BCUT2D eigenvalue weighted by atomic mass is 10.1. The zero-order valence-electron chi connectivity index (χ0n) is 10.7. The Labute approximate surface area is 117 Å². The first-order chi connectivity index (χ1) is 9.24. The molecule has 0 aliphatic rings. The summed E-state index contributed by atoms with van der Waals surface area (Å²) in [5.74, 6) is -0.0940. The van der Waals surface area contributed by atoms with E-state index >= 15 is 0 Å². The lowest BCUT2D eigenvalue weighted by Crippen LogP contribution is -2.13. The number of carbonyl (C=O) groups excluding carboxylic acids is 1. The van der Waals surface area contributed by atoms with Crippen LogP contribution in [0.2, 0.25) is 0 Å². The summed E-state index contributed by atoms with van der Waals surface area (Å²) < 4.78 is 0. The van der Waals surface area contributed by atoms with Crippen molar-refractivity contribution >= 4 is 23.5 Å². The molecule has 2 aromatic rings. The van der Waals surface area contributed by atoms with Crippen LogP contribution >= 0.6 is 11.9 Å². The lowest BCUT2D eigenvalue weighted by Gasteiger charge is -2.11. The number of benzene rings is 2. The molecule has 0 atom stereocenters. The van der Waals surface area contributed by atoms with Crippen LogP contribution in [0.5, 0.6) is 0 Å². The first-order valence-corrected chi connectivity index (χ1v) is 6.98. The minimum absolute atomic E-state index is 0.0940. The number of nitrogens with one attached hydrogen (secondary N) is 1. The average Bonchev–Trinajstić information content (AvgIpc) is 2.48. The smallest absolute Gasteiger partial charge is 0.255 e. The number of aryl methyl sites for hydroxylation is 1. The van der Waals surface area contributed by atoms with Gasteiger partial charge in [0.05, 0.1) is 0 Å². The van der Waals surface area contributed by atoms with Gasteiger partial charge in [-0.05, 0) is 54.3 Å². The van der Waals surface area contributed by atoms with Crippen LogP contribution in [0.4, 0.5) is 5.69 Å². The molecule has 0 radical (unpaired) electrons. The molecule has 3 N–H and O–H groups in total. The van der Waals surface area contributed by atoms with Gasteiger partial charge in [-0.2, -0.15) is 0 Å². The third-order valence-electron chi connectivity index (χ3n) is 2.88. The van der Waals surface area contributed by atoms with E-state index in [-0.39, 0.29) is 5.91 Å². The van der Waals surface area contributed by atoms with Gasteiger partial charge in [0, 0.05) is 16.1 Å². The molecule has 19 heavy (non-hydrogen) atoms. The Balaban J connectivity index is 2.21. The Hall–Kier alpha value is -1.78. The monoisotopic (exact) mass is 272 g/mol. The molecule has 2 aromatic carbocycles. The maximum atomic E-state index is 12.1. The molecule has 0 unspecified atom stereocenters. The van der Waals surface area contributed by atoms with E-state index in [4.69, 9.17) is 5.14 Å². The van der Waals surface area contributed by atoms with Crippen LogP contribution in [0.1, 0.15) is 22.8 Å². The fourth-order valence-electron chi connectivity index (χ4n) is 1.84. The summed E-state index contributed by atoms with van der Waals surface area (Å²) in [6.45, 7) is 2.05. The van der Waals surface area contributed by atoms with Crippen molar-refractivity contribution in [2.45, 2.75) is 18.2 Å². The van der Waals surface area contributed by atoms with E-state index in [1.165, 1.54) is 11.9 Å². The Morgan fingerprint density at radius 2 is 1.95 bits per heavy atom. The predicted molar refractivity (Wildman–Crippen MR) is 80.3 cm³/mol. The number of hydrogen-bond acceptors (Lipinski definition) is 3. The average molecular weight is 272 g/mol. The fourth-order valence-corrected chi connectivity index (χ4v) is 2.20. The van der Waals surface area contributed by atoms with Crippen molar-refractivity contribution in [1.82, 2.24) is 0 Å². The highest BCUT2D eigenvalue weighted by molar-refractivity contribution is 7.97. The first-order valence-electron chi connectivity index (χ1n) is 6.10. The summed E-state index contributed by atoms with van der Waals surface area (Å²) in [6, 6.07) is 15.0. The van der Waals surface area contributed by atoms with Gasteiger partial charge in [0.15, 0.2) is 0 Å². The molecule has 0 fully saturated rings. The minimum atomic E-state index is -0.0940. The number of carbonyl (C=O) groups is 1. The Bertz CT molecular complexity index is 570. The van der Waals surface area contributed by atoms with E-state index in [0.29, 0.717) is 5.56 Å². The molecule has 0 aliphatic carbocycles. The van der Waals surface area contributed by atoms with E-state index in [1.807, 2.05) is 36.4 Å². The van der Waals surface area contributed by atoms with Crippen LogP contribution in [-0.2, 0) is 6.42 Å². The third-order valence-corrected chi connectivity index (χ3v) is 3.40. The van der Waals surface area contributed by atoms with Gasteiger partial charge in [-0.15, -0.1) is 0 Å². The number of rotatable bonds is 4. The molecule has 4 heteroatoms. The maximum Gasteiger partial charge on any atom is 0.255 e. The third kappa shape index (κ3) is 3.36. The first kappa shape index (κ1) is 13.6. The van der Waals surface area contributed by atoms with Crippen molar-refractivity contribution < 1.29 is 4.79 Å². The van der Waals surface area contributed by atoms with Crippen molar-refractivity contribution in [1.29, 1.82) is 0 Å². The second-order valence-corrected chi connectivity index (χ2v) is 4.82. The summed E-state index contributed by atoms with van der Waals surface area (Å²) in [5, 5.41) is 8.49. The van der Waals surface area contributed by atoms with E-state index in [9.17, 15) is 4.79 Å². The van der Waals surface area contributed by atoms with Crippen LogP contribution in [-0.4, -0.2) is 5.91 Å². The molecular weight excluding hydrogens is 256 g/mol. The van der Waals surface area contributed by atoms with Crippen molar-refractivity contribution in [2.24, 2.45) is 5.14 Å². The van der Waals surface area contributed by atoms with E-state index in [0.717, 1.165) is 22.6 Å². The van der Waals surface area contributed by atoms with Gasteiger partial charge in [-0.3, -0.25) is 9.93 Å². The number of nitrogens with two attached hydrogens (primary N) is 1. The topological polar surface area (TPSA) is 55.1 Å². The van der Waals surface area contributed by atoms with Gasteiger partial charge < -0.3 is 5.32 Å². The van der Waals surface area contributed by atoms with Gasteiger partial charge in [0.1, 0.15) is 0 Å². The standard InChI is InChI=1S/C15H16N2OS/c1-2-11-10-13(19-16)8-9-14(11)17-15(18)12-6-4-3-5-7-12/h3-10H,2,16H2,1H3,(H,17,18). The number of amides is 1. The minimum Gasteiger partial charge on any atom is -0.322 e. The Morgan fingerprint density at radius 3 is 2.58 bits per heavy atom.